The molecule has 1 atom stereocenters. The van der Waals surface area contributed by atoms with Crippen LogP contribution in [-0.2, 0) is 12.6 Å². The lowest BCUT2D eigenvalue weighted by molar-refractivity contribution is -0.137. The van der Waals surface area contributed by atoms with Crippen molar-refractivity contribution in [1.29, 1.82) is 0 Å². The highest BCUT2D eigenvalue weighted by Gasteiger charge is 2.30. The largest absolute Gasteiger partial charge is 0.416 e. The molecule has 0 fully saturated rings. The molecule has 114 valence electrons. The third kappa shape index (κ3) is 4.84. The number of hydrogen-bond donors (Lipinski definition) is 2. The molecular weight excluding hydrogens is 299 g/mol. The first-order valence-corrected chi connectivity index (χ1v) is 7.48. The summed E-state index contributed by atoms with van der Waals surface area (Å²) in [5.41, 5.74) is 0.742. The molecule has 2 nitrogen and oxygen atoms in total. The summed E-state index contributed by atoms with van der Waals surface area (Å²) < 4.78 is 37.8. The highest BCUT2D eigenvalue weighted by Crippen LogP contribution is 2.30. The molecule has 0 radical (unpaired) electrons. The van der Waals surface area contributed by atoms with Crippen molar-refractivity contribution in [3.05, 3.63) is 57.8 Å². The van der Waals surface area contributed by atoms with Gasteiger partial charge >= 0.3 is 6.18 Å². The van der Waals surface area contributed by atoms with E-state index in [2.05, 4.69) is 5.32 Å². The lowest BCUT2D eigenvalue weighted by atomic mass is 10.1. The molecule has 0 aliphatic carbocycles. The van der Waals surface area contributed by atoms with E-state index < -0.39 is 17.8 Å². The SMILES string of the molecule is OC(CNCCc1ccsc1)c1cccc(C(F)(F)F)c1. The minimum atomic E-state index is -4.39. The van der Waals surface area contributed by atoms with Crippen LogP contribution in [0.1, 0.15) is 22.8 Å². The lowest BCUT2D eigenvalue weighted by Gasteiger charge is -2.14. The first-order valence-electron chi connectivity index (χ1n) is 6.54. The second kappa shape index (κ2) is 7.06. The van der Waals surface area contributed by atoms with Gasteiger partial charge in [-0.25, -0.2) is 0 Å². The summed E-state index contributed by atoms with van der Waals surface area (Å²) in [6.07, 6.45) is -4.50. The Hall–Kier alpha value is -1.37. The van der Waals surface area contributed by atoms with Gasteiger partial charge in [0.15, 0.2) is 0 Å². The number of hydrogen-bond acceptors (Lipinski definition) is 3. The first-order chi connectivity index (χ1) is 9.97. The van der Waals surface area contributed by atoms with Crippen molar-refractivity contribution < 1.29 is 18.3 Å². The molecule has 21 heavy (non-hydrogen) atoms. The van der Waals surface area contributed by atoms with Crippen LogP contribution in [0, 0.1) is 0 Å². The predicted molar refractivity (Wildman–Crippen MR) is 77.3 cm³/mol. The number of aliphatic hydroxyl groups is 1. The van der Waals surface area contributed by atoms with Gasteiger partial charge in [-0.3, -0.25) is 0 Å². The van der Waals surface area contributed by atoms with Gasteiger partial charge in [-0.1, -0.05) is 12.1 Å². The zero-order valence-electron chi connectivity index (χ0n) is 11.2. The second-order valence-electron chi connectivity index (χ2n) is 4.72. The molecule has 1 aromatic carbocycles. The van der Waals surface area contributed by atoms with E-state index >= 15 is 0 Å². The summed E-state index contributed by atoms with van der Waals surface area (Å²) in [4.78, 5) is 0. The zero-order valence-corrected chi connectivity index (χ0v) is 12.0. The number of thiophene rings is 1. The van der Waals surface area contributed by atoms with E-state index in [9.17, 15) is 18.3 Å². The van der Waals surface area contributed by atoms with Crippen LogP contribution in [0.15, 0.2) is 41.1 Å². The van der Waals surface area contributed by atoms with Gasteiger partial charge in [-0.05, 0) is 53.1 Å². The van der Waals surface area contributed by atoms with E-state index in [1.165, 1.54) is 17.7 Å². The Balaban J connectivity index is 1.84. The fourth-order valence-corrected chi connectivity index (χ4v) is 2.65. The summed E-state index contributed by atoms with van der Waals surface area (Å²) in [5, 5.41) is 17.0. The average molecular weight is 315 g/mol. The Bertz CT molecular complexity index is 554. The van der Waals surface area contributed by atoms with Crippen LogP contribution in [0.2, 0.25) is 0 Å². The topological polar surface area (TPSA) is 32.3 Å². The molecule has 0 aliphatic heterocycles. The third-order valence-corrected chi connectivity index (χ3v) is 3.84. The first kappa shape index (κ1) is 16.0. The molecule has 2 aromatic rings. The average Bonchev–Trinajstić information content (AvgIpc) is 2.96. The van der Waals surface area contributed by atoms with Crippen molar-refractivity contribution in [2.45, 2.75) is 18.7 Å². The van der Waals surface area contributed by atoms with Crippen LogP contribution in [0.5, 0.6) is 0 Å². The Labute approximate surface area is 125 Å². The summed E-state index contributed by atoms with van der Waals surface area (Å²) in [6.45, 7) is 0.901. The van der Waals surface area contributed by atoms with E-state index in [1.54, 1.807) is 11.3 Å². The van der Waals surface area contributed by atoms with Gasteiger partial charge in [-0.2, -0.15) is 24.5 Å². The standard InChI is InChI=1S/C15H16F3NOS/c16-15(17,18)13-3-1-2-12(8-13)14(20)9-19-6-4-11-5-7-21-10-11/h1-3,5,7-8,10,14,19-20H,4,6,9H2. The molecule has 0 aliphatic rings. The van der Waals surface area contributed by atoms with Gasteiger partial charge in [0.2, 0.25) is 0 Å². The minimum absolute atomic E-state index is 0.228. The molecule has 6 heteroatoms. The van der Waals surface area contributed by atoms with Crippen molar-refractivity contribution in [2.24, 2.45) is 0 Å². The van der Waals surface area contributed by atoms with E-state index in [-0.39, 0.29) is 12.1 Å². The smallest absolute Gasteiger partial charge is 0.387 e. The van der Waals surface area contributed by atoms with Crippen molar-refractivity contribution in [1.82, 2.24) is 5.32 Å². The Morgan fingerprint density at radius 1 is 1.24 bits per heavy atom. The van der Waals surface area contributed by atoms with Crippen molar-refractivity contribution in [2.75, 3.05) is 13.1 Å². The number of aliphatic hydroxyl groups excluding tert-OH is 1. The Morgan fingerprint density at radius 2 is 2.05 bits per heavy atom. The van der Waals surface area contributed by atoms with Gasteiger partial charge < -0.3 is 10.4 Å². The van der Waals surface area contributed by atoms with Gasteiger partial charge in [-0.15, -0.1) is 0 Å². The fraction of sp³-hybridized carbons (Fsp3) is 0.333. The highest BCUT2D eigenvalue weighted by molar-refractivity contribution is 7.07. The second-order valence-corrected chi connectivity index (χ2v) is 5.50. The van der Waals surface area contributed by atoms with E-state index in [4.69, 9.17) is 0 Å². The van der Waals surface area contributed by atoms with Gasteiger partial charge in [0, 0.05) is 6.54 Å². The summed E-state index contributed by atoms with van der Waals surface area (Å²) in [6, 6.07) is 6.83. The molecule has 0 saturated carbocycles. The summed E-state index contributed by atoms with van der Waals surface area (Å²) in [7, 11) is 0. The fourth-order valence-electron chi connectivity index (χ4n) is 1.95. The lowest BCUT2D eigenvalue weighted by Crippen LogP contribution is -2.23. The summed E-state index contributed by atoms with van der Waals surface area (Å²) in [5.74, 6) is 0. The molecule has 0 saturated heterocycles. The van der Waals surface area contributed by atoms with Crippen molar-refractivity contribution >= 4 is 11.3 Å². The minimum Gasteiger partial charge on any atom is -0.387 e. The molecule has 1 heterocycles. The van der Waals surface area contributed by atoms with Gasteiger partial charge in [0.05, 0.1) is 11.7 Å². The molecule has 0 amide bonds. The molecule has 1 unspecified atom stereocenters. The van der Waals surface area contributed by atoms with Crippen LogP contribution >= 0.6 is 11.3 Å². The van der Waals surface area contributed by atoms with Crippen LogP contribution in [0.3, 0.4) is 0 Å². The van der Waals surface area contributed by atoms with Crippen molar-refractivity contribution in [3.8, 4) is 0 Å². The Kier molecular flexibility index (Phi) is 5.39. The maximum absolute atomic E-state index is 12.6. The quantitative estimate of drug-likeness (QED) is 0.798. The number of alkyl halides is 3. The van der Waals surface area contributed by atoms with E-state index in [1.807, 2.05) is 16.8 Å². The van der Waals surface area contributed by atoms with Crippen LogP contribution in [-0.4, -0.2) is 18.2 Å². The van der Waals surface area contributed by atoms with Crippen LogP contribution in [0.4, 0.5) is 13.2 Å². The normalized spacial score (nSPS) is 13.3. The molecule has 1 aromatic heterocycles. The molecular formula is C15H16F3NOS. The number of nitrogens with one attached hydrogen (secondary N) is 1. The number of benzene rings is 1. The number of rotatable bonds is 6. The van der Waals surface area contributed by atoms with Crippen LogP contribution < -0.4 is 5.32 Å². The van der Waals surface area contributed by atoms with E-state index in [0.29, 0.717) is 6.54 Å². The van der Waals surface area contributed by atoms with Gasteiger partial charge in [0.25, 0.3) is 0 Å². The van der Waals surface area contributed by atoms with Gasteiger partial charge in [0.1, 0.15) is 0 Å². The molecule has 2 N–H and O–H groups in total. The van der Waals surface area contributed by atoms with Crippen molar-refractivity contribution in [3.63, 3.8) is 0 Å². The molecule has 2 rings (SSSR count). The number of halogens is 3. The predicted octanol–water partition coefficient (Wildman–Crippen LogP) is 3.63. The zero-order chi connectivity index (χ0) is 15.3. The molecule has 0 spiro atoms. The highest BCUT2D eigenvalue weighted by atomic mass is 32.1. The monoisotopic (exact) mass is 315 g/mol. The van der Waals surface area contributed by atoms with E-state index in [0.717, 1.165) is 18.6 Å². The van der Waals surface area contributed by atoms with Crippen LogP contribution in [0.25, 0.3) is 0 Å². The summed E-state index contributed by atoms with van der Waals surface area (Å²) >= 11 is 1.62. The molecule has 0 bridgehead atoms. The Morgan fingerprint density at radius 3 is 2.71 bits per heavy atom. The third-order valence-electron chi connectivity index (χ3n) is 3.11. The maximum Gasteiger partial charge on any atom is 0.416 e. The maximum atomic E-state index is 12.6.